The van der Waals surface area contributed by atoms with Crippen molar-refractivity contribution in [3.8, 4) is 16.5 Å². The molecule has 25 heavy (non-hydrogen) atoms. The van der Waals surface area contributed by atoms with E-state index in [-0.39, 0.29) is 18.1 Å². The molecule has 0 saturated heterocycles. The second kappa shape index (κ2) is 6.29. The first kappa shape index (κ1) is 15.8. The van der Waals surface area contributed by atoms with Crippen LogP contribution in [0.4, 0.5) is 0 Å². The van der Waals surface area contributed by atoms with Crippen molar-refractivity contribution in [1.82, 2.24) is 24.9 Å². The summed E-state index contributed by atoms with van der Waals surface area (Å²) in [7, 11) is 0. The standard InChI is InChI=1S/C17H17N5O2S/c1-3-16(23)20-11-6-12(7-11)24-17-14-4-5-19-22(14)9-13(21-17)15-8-18-10(2)25-15/h3-5,8-9,11-12H,1,6-7H2,2H3,(H,20,23). The number of aryl methyl sites for hydroxylation is 1. The molecule has 0 radical (unpaired) electrons. The highest BCUT2D eigenvalue weighted by atomic mass is 32.1. The summed E-state index contributed by atoms with van der Waals surface area (Å²) in [4.78, 5) is 21.2. The maximum Gasteiger partial charge on any atom is 0.243 e. The van der Waals surface area contributed by atoms with Crippen LogP contribution in [0.1, 0.15) is 17.8 Å². The summed E-state index contributed by atoms with van der Waals surface area (Å²) in [5, 5.41) is 8.16. The van der Waals surface area contributed by atoms with Gasteiger partial charge in [0.25, 0.3) is 0 Å². The van der Waals surface area contributed by atoms with Crippen molar-refractivity contribution in [2.24, 2.45) is 0 Å². The summed E-state index contributed by atoms with van der Waals surface area (Å²) in [5.74, 6) is 0.405. The Bertz CT molecular complexity index is 942. The Hall–Kier alpha value is -2.74. The summed E-state index contributed by atoms with van der Waals surface area (Å²) in [5.41, 5.74) is 1.61. The lowest BCUT2D eigenvalue weighted by Crippen LogP contribution is -2.48. The van der Waals surface area contributed by atoms with Gasteiger partial charge < -0.3 is 10.1 Å². The normalized spacial score (nSPS) is 19.4. The summed E-state index contributed by atoms with van der Waals surface area (Å²) in [6.07, 6.45) is 8.23. The Morgan fingerprint density at radius 2 is 2.36 bits per heavy atom. The highest BCUT2D eigenvalue weighted by Crippen LogP contribution is 2.31. The molecule has 3 aromatic rings. The molecule has 0 unspecified atom stereocenters. The average Bonchev–Trinajstić information content (AvgIpc) is 3.20. The summed E-state index contributed by atoms with van der Waals surface area (Å²) >= 11 is 1.58. The van der Waals surface area contributed by atoms with Crippen LogP contribution in [0.15, 0.2) is 37.3 Å². The highest BCUT2D eigenvalue weighted by molar-refractivity contribution is 7.15. The number of aromatic nitrogens is 4. The second-order valence-electron chi connectivity index (χ2n) is 5.96. The van der Waals surface area contributed by atoms with Crippen LogP contribution in [-0.2, 0) is 4.79 Å². The molecule has 0 spiro atoms. The zero-order valence-corrected chi connectivity index (χ0v) is 14.5. The molecule has 4 rings (SSSR count). The van der Waals surface area contributed by atoms with E-state index >= 15 is 0 Å². The van der Waals surface area contributed by atoms with E-state index in [2.05, 4.69) is 27.0 Å². The van der Waals surface area contributed by atoms with Crippen molar-refractivity contribution < 1.29 is 9.53 Å². The van der Waals surface area contributed by atoms with Gasteiger partial charge in [-0.2, -0.15) is 5.10 Å². The molecule has 0 aliphatic heterocycles. The minimum atomic E-state index is -0.151. The predicted octanol–water partition coefficient (Wildman–Crippen LogP) is 2.37. The number of fused-ring (bicyclic) bond motifs is 1. The van der Waals surface area contributed by atoms with Crippen LogP contribution >= 0.6 is 11.3 Å². The lowest BCUT2D eigenvalue weighted by atomic mass is 9.89. The lowest BCUT2D eigenvalue weighted by Gasteiger charge is -2.35. The van der Waals surface area contributed by atoms with E-state index in [0.717, 1.165) is 33.9 Å². The highest BCUT2D eigenvalue weighted by Gasteiger charge is 2.32. The van der Waals surface area contributed by atoms with Crippen molar-refractivity contribution in [1.29, 1.82) is 0 Å². The molecule has 3 aromatic heterocycles. The van der Waals surface area contributed by atoms with Crippen molar-refractivity contribution >= 4 is 22.8 Å². The van der Waals surface area contributed by atoms with Crippen molar-refractivity contribution in [3.05, 3.63) is 42.3 Å². The van der Waals surface area contributed by atoms with Gasteiger partial charge in [-0.3, -0.25) is 4.79 Å². The first-order valence-corrected chi connectivity index (χ1v) is 8.81. The van der Waals surface area contributed by atoms with E-state index in [9.17, 15) is 4.79 Å². The number of carbonyl (C=O) groups is 1. The van der Waals surface area contributed by atoms with Crippen LogP contribution in [0.25, 0.3) is 16.1 Å². The smallest absolute Gasteiger partial charge is 0.243 e. The van der Waals surface area contributed by atoms with Crippen LogP contribution in [0, 0.1) is 6.92 Å². The van der Waals surface area contributed by atoms with Crippen LogP contribution < -0.4 is 10.1 Å². The van der Waals surface area contributed by atoms with Gasteiger partial charge in [-0.25, -0.2) is 14.5 Å². The molecular weight excluding hydrogens is 338 g/mol. The van der Waals surface area contributed by atoms with Gasteiger partial charge in [0.15, 0.2) is 0 Å². The third kappa shape index (κ3) is 3.12. The number of nitrogens with one attached hydrogen (secondary N) is 1. The molecule has 1 fully saturated rings. The Kier molecular flexibility index (Phi) is 3.96. The number of carbonyl (C=O) groups excluding carboxylic acids is 1. The molecule has 1 aliphatic carbocycles. The Labute approximate surface area is 148 Å². The second-order valence-corrected chi connectivity index (χ2v) is 7.19. The molecular formula is C17H17N5O2S. The molecule has 0 aromatic carbocycles. The maximum absolute atomic E-state index is 11.3. The van der Waals surface area contributed by atoms with Gasteiger partial charge in [0.05, 0.1) is 22.3 Å². The summed E-state index contributed by atoms with van der Waals surface area (Å²) in [6, 6.07) is 2.00. The molecule has 1 amide bonds. The fraction of sp³-hybridized carbons (Fsp3) is 0.294. The zero-order chi connectivity index (χ0) is 17.4. The van der Waals surface area contributed by atoms with Crippen LogP contribution in [0.2, 0.25) is 0 Å². The van der Waals surface area contributed by atoms with Gasteiger partial charge in [-0.05, 0) is 19.1 Å². The van der Waals surface area contributed by atoms with E-state index in [0.29, 0.717) is 5.88 Å². The first-order valence-electron chi connectivity index (χ1n) is 7.99. The van der Waals surface area contributed by atoms with Gasteiger partial charge in [0, 0.05) is 25.1 Å². The molecule has 1 aliphatic rings. The van der Waals surface area contributed by atoms with Crippen LogP contribution in [-0.4, -0.2) is 37.6 Å². The van der Waals surface area contributed by atoms with Gasteiger partial charge in [0.1, 0.15) is 17.3 Å². The van der Waals surface area contributed by atoms with Crippen LogP contribution in [0.3, 0.4) is 0 Å². The van der Waals surface area contributed by atoms with E-state index in [1.165, 1.54) is 6.08 Å². The van der Waals surface area contributed by atoms with Crippen LogP contribution in [0.5, 0.6) is 5.88 Å². The quantitative estimate of drug-likeness (QED) is 0.711. The molecule has 0 atom stereocenters. The predicted molar refractivity (Wildman–Crippen MR) is 94.6 cm³/mol. The number of rotatable bonds is 5. The largest absolute Gasteiger partial charge is 0.473 e. The summed E-state index contributed by atoms with van der Waals surface area (Å²) < 4.78 is 7.84. The number of ether oxygens (including phenoxy) is 1. The van der Waals surface area contributed by atoms with Crippen molar-refractivity contribution in [2.75, 3.05) is 0 Å². The molecule has 3 heterocycles. The van der Waals surface area contributed by atoms with E-state index in [1.807, 2.05) is 25.4 Å². The van der Waals surface area contributed by atoms with E-state index in [1.54, 1.807) is 22.0 Å². The Morgan fingerprint density at radius 3 is 3.08 bits per heavy atom. The third-order valence-electron chi connectivity index (χ3n) is 4.13. The third-order valence-corrected chi connectivity index (χ3v) is 5.07. The van der Waals surface area contributed by atoms with Gasteiger partial charge in [0.2, 0.25) is 11.8 Å². The fourth-order valence-corrected chi connectivity index (χ4v) is 3.51. The minimum Gasteiger partial charge on any atom is -0.473 e. The molecule has 1 saturated carbocycles. The number of nitrogens with zero attached hydrogens (tertiary/aromatic N) is 4. The summed E-state index contributed by atoms with van der Waals surface area (Å²) in [6.45, 7) is 5.42. The Morgan fingerprint density at radius 1 is 1.52 bits per heavy atom. The topological polar surface area (TPSA) is 81.4 Å². The molecule has 7 nitrogen and oxygen atoms in total. The number of hydrogen-bond acceptors (Lipinski definition) is 6. The Balaban J connectivity index is 1.54. The maximum atomic E-state index is 11.3. The first-order chi connectivity index (χ1) is 12.1. The average molecular weight is 355 g/mol. The van der Waals surface area contributed by atoms with E-state index < -0.39 is 0 Å². The van der Waals surface area contributed by atoms with Crippen molar-refractivity contribution in [3.63, 3.8) is 0 Å². The van der Waals surface area contributed by atoms with Gasteiger partial charge in [-0.15, -0.1) is 11.3 Å². The van der Waals surface area contributed by atoms with Gasteiger partial charge in [-0.1, -0.05) is 6.58 Å². The number of amides is 1. The van der Waals surface area contributed by atoms with Crippen molar-refractivity contribution in [2.45, 2.75) is 31.9 Å². The molecule has 128 valence electrons. The number of thiazole rings is 1. The minimum absolute atomic E-state index is 0.0276. The van der Waals surface area contributed by atoms with E-state index in [4.69, 9.17) is 4.74 Å². The SMILES string of the molecule is C=CC(=O)NC1CC(Oc2nc(-c3cnc(C)s3)cn3nccc23)C1. The zero-order valence-electron chi connectivity index (χ0n) is 13.7. The molecule has 8 heteroatoms. The lowest BCUT2D eigenvalue weighted by molar-refractivity contribution is -0.118. The molecule has 0 bridgehead atoms. The number of hydrogen-bond donors (Lipinski definition) is 1. The molecule has 1 N–H and O–H groups in total. The fourth-order valence-electron chi connectivity index (χ4n) is 2.78. The van der Waals surface area contributed by atoms with Gasteiger partial charge >= 0.3 is 0 Å². The monoisotopic (exact) mass is 355 g/mol.